The van der Waals surface area contributed by atoms with E-state index in [9.17, 15) is 4.79 Å². The lowest BCUT2D eigenvalue weighted by Crippen LogP contribution is -2.28. The zero-order valence-electron chi connectivity index (χ0n) is 9.44. The number of methoxy groups -OCH3 is 1. The number of carbonyl (C=O) groups is 1. The second-order valence-corrected chi connectivity index (χ2v) is 4.12. The van der Waals surface area contributed by atoms with Gasteiger partial charge < -0.3 is 9.64 Å². The molecule has 1 heterocycles. The molecule has 0 N–H and O–H groups in total. The number of aromatic nitrogens is 1. The monoisotopic (exact) mass is 286 g/mol. The number of nitrogens with zero attached hydrogens (tertiary/aromatic N) is 2. The van der Waals surface area contributed by atoms with E-state index in [1.165, 1.54) is 7.11 Å². The molecule has 1 aromatic heterocycles. The molecule has 0 spiro atoms. The van der Waals surface area contributed by atoms with E-state index in [4.69, 9.17) is 4.74 Å². The molecule has 0 unspecified atom stereocenters. The van der Waals surface area contributed by atoms with Gasteiger partial charge in [0.15, 0.2) is 0 Å². The highest BCUT2D eigenvalue weighted by molar-refractivity contribution is 9.09. The Hall–Kier alpha value is -1.10. The van der Waals surface area contributed by atoms with E-state index in [0.717, 1.165) is 11.8 Å². The molecule has 0 saturated carbocycles. The maximum absolute atomic E-state index is 12.0. The molecule has 0 aliphatic heterocycles. The Balaban J connectivity index is 2.79. The van der Waals surface area contributed by atoms with Gasteiger partial charge in [-0.2, -0.15) is 0 Å². The van der Waals surface area contributed by atoms with Crippen LogP contribution in [0.3, 0.4) is 0 Å². The molecule has 1 rings (SSSR count). The molecule has 16 heavy (non-hydrogen) atoms. The van der Waals surface area contributed by atoms with E-state index in [2.05, 4.69) is 20.9 Å². The van der Waals surface area contributed by atoms with Crippen molar-refractivity contribution < 1.29 is 9.53 Å². The summed E-state index contributed by atoms with van der Waals surface area (Å²) < 4.78 is 5.05. The number of pyridine rings is 1. The molecule has 0 saturated heterocycles. The average Bonchev–Trinajstić information content (AvgIpc) is 2.34. The second kappa shape index (κ2) is 6.48. The predicted molar refractivity (Wildman–Crippen MR) is 66.2 cm³/mol. The van der Waals surface area contributed by atoms with E-state index in [-0.39, 0.29) is 5.91 Å². The molecule has 0 aromatic carbocycles. The SMILES string of the molecule is COc1ncccc1C(=O)N(C)CCCBr. The lowest BCUT2D eigenvalue weighted by Gasteiger charge is -2.17. The Morgan fingerprint density at radius 1 is 1.62 bits per heavy atom. The molecular formula is C11H15BrN2O2. The predicted octanol–water partition coefficient (Wildman–Crippen LogP) is 1.95. The van der Waals surface area contributed by atoms with Crippen LogP contribution in [0.2, 0.25) is 0 Å². The van der Waals surface area contributed by atoms with Gasteiger partial charge in [0.2, 0.25) is 5.88 Å². The maximum atomic E-state index is 12.0. The third-order valence-electron chi connectivity index (χ3n) is 2.17. The van der Waals surface area contributed by atoms with Crippen molar-refractivity contribution in [2.45, 2.75) is 6.42 Å². The Morgan fingerprint density at radius 2 is 2.38 bits per heavy atom. The lowest BCUT2D eigenvalue weighted by molar-refractivity contribution is 0.0791. The summed E-state index contributed by atoms with van der Waals surface area (Å²) in [6.45, 7) is 0.710. The number of rotatable bonds is 5. The number of alkyl halides is 1. The minimum absolute atomic E-state index is 0.0640. The van der Waals surface area contributed by atoms with E-state index < -0.39 is 0 Å². The topological polar surface area (TPSA) is 42.4 Å². The Labute approximate surface area is 104 Å². The minimum Gasteiger partial charge on any atom is -0.480 e. The Bertz CT molecular complexity index is 358. The Morgan fingerprint density at radius 3 is 3.00 bits per heavy atom. The lowest BCUT2D eigenvalue weighted by atomic mass is 10.2. The first-order valence-electron chi connectivity index (χ1n) is 5.01. The quantitative estimate of drug-likeness (QED) is 0.777. The standard InChI is InChI=1S/C11H15BrN2O2/c1-14(8-4-6-12)11(15)9-5-3-7-13-10(9)16-2/h3,5,7H,4,6,8H2,1-2H3. The van der Waals surface area contributed by atoms with E-state index in [1.54, 1.807) is 30.3 Å². The van der Waals surface area contributed by atoms with Gasteiger partial charge in [-0.15, -0.1) is 0 Å². The van der Waals surface area contributed by atoms with Crippen LogP contribution in [0.15, 0.2) is 18.3 Å². The molecule has 0 bridgehead atoms. The first-order valence-corrected chi connectivity index (χ1v) is 6.13. The van der Waals surface area contributed by atoms with Gasteiger partial charge in [-0.05, 0) is 18.6 Å². The fraction of sp³-hybridized carbons (Fsp3) is 0.455. The number of ether oxygens (including phenoxy) is 1. The minimum atomic E-state index is -0.0640. The van der Waals surface area contributed by atoms with Gasteiger partial charge in [-0.1, -0.05) is 15.9 Å². The van der Waals surface area contributed by atoms with Crippen molar-refractivity contribution >= 4 is 21.8 Å². The molecule has 1 aromatic rings. The summed E-state index contributed by atoms with van der Waals surface area (Å²) in [5.41, 5.74) is 0.502. The zero-order chi connectivity index (χ0) is 12.0. The first kappa shape index (κ1) is 13.0. The number of hydrogen-bond acceptors (Lipinski definition) is 3. The van der Waals surface area contributed by atoms with E-state index >= 15 is 0 Å². The van der Waals surface area contributed by atoms with Gasteiger partial charge in [-0.25, -0.2) is 4.98 Å². The van der Waals surface area contributed by atoms with Gasteiger partial charge in [-0.3, -0.25) is 4.79 Å². The molecule has 0 atom stereocenters. The summed E-state index contributed by atoms with van der Waals surface area (Å²) in [5.74, 6) is 0.309. The van der Waals surface area contributed by atoms with Crippen molar-refractivity contribution in [1.82, 2.24) is 9.88 Å². The molecule has 0 aliphatic rings. The summed E-state index contributed by atoms with van der Waals surface area (Å²) in [5, 5.41) is 0.884. The molecular weight excluding hydrogens is 272 g/mol. The molecule has 1 amide bonds. The van der Waals surface area contributed by atoms with Crippen LogP contribution in [0.5, 0.6) is 5.88 Å². The van der Waals surface area contributed by atoms with Gasteiger partial charge in [0.05, 0.1) is 7.11 Å². The number of amides is 1. The highest BCUT2D eigenvalue weighted by Gasteiger charge is 2.16. The summed E-state index contributed by atoms with van der Waals surface area (Å²) in [4.78, 5) is 17.7. The van der Waals surface area contributed by atoms with Crippen LogP contribution in [-0.2, 0) is 0 Å². The normalized spacial score (nSPS) is 9.94. The second-order valence-electron chi connectivity index (χ2n) is 3.33. The molecule has 0 radical (unpaired) electrons. The van der Waals surface area contributed by atoms with E-state index in [0.29, 0.717) is 18.0 Å². The highest BCUT2D eigenvalue weighted by Crippen LogP contribution is 2.15. The van der Waals surface area contributed by atoms with Crippen molar-refractivity contribution in [1.29, 1.82) is 0 Å². The smallest absolute Gasteiger partial charge is 0.259 e. The summed E-state index contributed by atoms with van der Waals surface area (Å²) >= 11 is 3.34. The van der Waals surface area contributed by atoms with Crippen molar-refractivity contribution in [3.05, 3.63) is 23.9 Å². The zero-order valence-corrected chi connectivity index (χ0v) is 11.0. The number of halogens is 1. The van der Waals surface area contributed by atoms with Crippen LogP contribution in [0, 0.1) is 0 Å². The van der Waals surface area contributed by atoms with Crippen LogP contribution < -0.4 is 4.74 Å². The summed E-state index contributed by atoms with van der Waals surface area (Å²) in [6, 6.07) is 3.45. The third kappa shape index (κ3) is 3.20. The van der Waals surface area contributed by atoms with Crippen LogP contribution in [0.25, 0.3) is 0 Å². The summed E-state index contributed by atoms with van der Waals surface area (Å²) in [7, 11) is 3.29. The van der Waals surface area contributed by atoms with Crippen LogP contribution >= 0.6 is 15.9 Å². The highest BCUT2D eigenvalue weighted by atomic mass is 79.9. The molecule has 88 valence electrons. The number of hydrogen-bond donors (Lipinski definition) is 0. The third-order valence-corrected chi connectivity index (χ3v) is 2.73. The van der Waals surface area contributed by atoms with Crippen LogP contribution in [-0.4, -0.2) is 41.8 Å². The van der Waals surface area contributed by atoms with Crippen molar-refractivity contribution in [3.8, 4) is 5.88 Å². The van der Waals surface area contributed by atoms with Crippen molar-refractivity contribution in [2.24, 2.45) is 0 Å². The van der Waals surface area contributed by atoms with E-state index in [1.807, 2.05) is 0 Å². The fourth-order valence-corrected chi connectivity index (χ4v) is 1.57. The fourth-order valence-electron chi connectivity index (χ4n) is 1.32. The molecule has 0 fully saturated rings. The van der Waals surface area contributed by atoms with Gasteiger partial charge in [0.1, 0.15) is 5.56 Å². The molecule has 4 nitrogen and oxygen atoms in total. The summed E-state index contributed by atoms with van der Waals surface area (Å²) in [6.07, 6.45) is 2.53. The Kier molecular flexibility index (Phi) is 5.25. The molecule has 0 aliphatic carbocycles. The number of carbonyl (C=O) groups excluding carboxylic acids is 1. The first-order chi connectivity index (χ1) is 7.70. The van der Waals surface area contributed by atoms with Crippen molar-refractivity contribution in [3.63, 3.8) is 0 Å². The maximum Gasteiger partial charge on any atom is 0.259 e. The largest absolute Gasteiger partial charge is 0.480 e. The van der Waals surface area contributed by atoms with Crippen LogP contribution in [0.1, 0.15) is 16.8 Å². The van der Waals surface area contributed by atoms with Gasteiger partial charge in [0, 0.05) is 25.1 Å². The van der Waals surface area contributed by atoms with Gasteiger partial charge in [0.25, 0.3) is 5.91 Å². The average molecular weight is 287 g/mol. The van der Waals surface area contributed by atoms with Crippen LogP contribution in [0.4, 0.5) is 0 Å². The van der Waals surface area contributed by atoms with Crippen molar-refractivity contribution in [2.75, 3.05) is 26.0 Å². The van der Waals surface area contributed by atoms with Gasteiger partial charge >= 0.3 is 0 Å². The molecule has 5 heteroatoms.